The van der Waals surface area contributed by atoms with E-state index in [1.165, 1.54) is 6.07 Å². The first kappa shape index (κ1) is 15.4. The second kappa shape index (κ2) is 7.73. The molecule has 1 unspecified atom stereocenters. The van der Waals surface area contributed by atoms with E-state index in [1.807, 2.05) is 0 Å². The first-order valence-electron chi connectivity index (χ1n) is 7.06. The number of carbonyl (C=O) groups excluding carboxylic acids is 2. The molecule has 1 aliphatic heterocycles. The Morgan fingerprint density at radius 1 is 1.29 bits per heavy atom. The van der Waals surface area contributed by atoms with Crippen molar-refractivity contribution in [2.45, 2.75) is 25.4 Å². The third kappa shape index (κ3) is 4.82. The van der Waals surface area contributed by atoms with Crippen molar-refractivity contribution in [3.05, 3.63) is 35.6 Å². The molecule has 0 spiro atoms. The van der Waals surface area contributed by atoms with Gasteiger partial charge in [-0.1, -0.05) is 18.2 Å². The highest BCUT2D eigenvalue weighted by atomic mass is 19.1. The largest absolute Gasteiger partial charge is 0.368 e. The van der Waals surface area contributed by atoms with Crippen molar-refractivity contribution in [2.24, 2.45) is 0 Å². The van der Waals surface area contributed by atoms with Crippen LogP contribution >= 0.6 is 0 Å². The van der Waals surface area contributed by atoms with Gasteiger partial charge < -0.3 is 15.4 Å². The molecule has 5 nitrogen and oxygen atoms in total. The third-order valence-corrected chi connectivity index (χ3v) is 3.32. The molecule has 2 rings (SSSR count). The number of nitrogens with one attached hydrogen (secondary N) is 2. The molecule has 0 bridgehead atoms. The van der Waals surface area contributed by atoms with Crippen LogP contribution in [0.15, 0.2) is 24.3 Å². The van der Waals surface area contributed by atoms with Crippen LogP contribution in [0.1, 0.15) is 18.4 Å². The molecule has 2 N–H and O–H groups in total. The Morgan fingerprint density at radius 2 is 2.10 bits per heavy atom. The van der Waals surface area contributed by atoms with Crippen molar-refractivity contribution in [1.29, 1.82) is 0 Å². The molecule has 1 fully saturated rings. The molecule has 6 heteroatoms. The van der Waals surface area contributed by atoms with Crippen LogP contribution in [0.4, 0.5) is 4.39 Å². The van der Waals surface area contributed by atoms with Gasteiger partial charge in [-0.3, -0.25) is 9.59 Å². The third-order valence-electron chi connectivity index (χ3n) is 3.32. The fraction of sp³-hybridized carbons (Fsp3) is 0.467. The van der Waals surface area contributed by atoms with Gasteiger partial charge in [-0.15, -0.1) is 0 Å². The lowest BCUT2D eigenvalue weighted by molar-refractivity contribution is -0.132. The van der Waals surface area contributed by atoms with E-state index in [2.05, 4.69) is 10.6 Å². The number of halogens is 1. The average Bonchev–Trinajstić information content (AvgIpc) is 3.01. The molecule has 1 aromatic rings. The Kier molecular flexibility index (Phi) is 5.68. The summed E-state index contributed by atoms with van der Waals surface area (Å²) in [6, 6.07) is 6.44. The Labute approximate surface area is 122 Å². The normalized spacial score (nSPS) is 17.5. The minimum absolute atomic E-state index is 0.0873. The first-order chi connectivity index (χ1) is 10.2. The summed E-state index contributed by atoms with van der Waals surface area (Å²) in [5.41, 5.74) is 0.557. The molecule has 1 aromatic carbocycles. The number of rotatable bonds is 6. The average molecular weight is 294 g/mol. The fourth-order valence-corrected chi connectivity index (χ4v) is 2.17. The van der Waals surface area contributed by atoms with Crippen molar-refractivity contribution in [3.8, 4) is 0 Å². The molecule has 0 saturated carbocycles. The van der Waals surface area contributed by atoms with Crippen molar-refractivity contribution >= 4 is 11.8 Å². The van der Waals surface area contributed by atoms with Crippen molar-refractivity contribution in [1.82, 2.24) is 10.6 Å². The predicted octanol–water partition coefficient (Wildman–Crippen LogP) is 0.780. The van der Waals surface area contributed by atoms with Crippen molar-refractivity contribution in [2.75, 3.05) is 19.7 Å². The summed E-state index contributed by atoms with van der Waals surface area (Å²) in [6.07, 6.45) is 1.54. The topological polar surface area (TPSA) is 67.4 Å². The van der Waals surface area contributed by atoms with Gasteiger partial charge in [0.1, 0.15) is 11.9 Å². The van der Waals surface area contributed by atoms with E-state index in [0.717, 1.165) is 6.42 Å². The predicted molar refractivity (Wildman–Crippen MR) is 75.1 cm³/mol. The van der Waals surface area contributed by atoms with Gasteiger partial charge in [0.2, 0.25) is 11.8 Å². The van der Waals surface area contributed by atoms with Crippen LogP contribution in [0.3, 0.4) is 0 Å². The van der Waals surface area contributed by atoms with Crippen LogP contribution in [0, 0.1) is 5.82 Å². The lowest BCUT2D eigenvalue weighted by Gasteiger charge is -2.10. The zero-order valence-corrected chi connectivity index (χ0v) is 11.7. The van der Waals surface area contributed by atoms with Gasteiger partial charge >= 0.3 is 0 Å². The van der Waals surface area contributed by atoms with E-state index in [4.69, 9.17) is 4.74 Å². The van der Waals surface area contributed by atoms with Gasteiger partial charge in [0.25, 0.3) is 0 Å². The lowest BCUT2D eigenvalue weighted by Crippen LogP contribution is -2.41. The minimum Gasteiger partial charge on any atom is -0.368 e. The summed E-state index contributed by atoms with van der Waals surface area (Å²) in [5, 5.41) is 5.18. The standard InChI is InChI=1S/C15H19FN2O3/c16-12-5-2-1-4-11(12)7-8-17-14(19)10-18-15(20)13-6-3-9-21-13/h1-2,4-5,13H,3,6-10H2,(H,17,19)(H,18,20). The zero-order valence-electron chi connectivity index (χ0n) is 11.7. The molecule has 1 atom stereocenters. The van der Waals surface area contributed by atoms with Crippen LogP contribution in [-0.2, 0) is 20.7 Å². The van der Waals surface area contributed by atoms with Crippen molar-refractivity contribution in [3.63, 3.8) is 0 Å². The van der Waals surface area contributed by atoms with Crippen LogP contribution in [0.25, 0.3) is 0 Å². The van der Waals surface area contributed by atoms with Gasteiger partial charge in [0.05, 0.1) is 6.54 Å². The molecule has 1 aliphatic rings. The number of ether oxygens (including phenoxy) is 1. The van der Waals surface area contributed by atoms with E-state index in [1.54, 1.807) is 18.2 Å². The number of benzene rings is 1. The van der Waals surface area contributed by atoms with E-state index in [0.29, 0.717) is 31.6 Å². The van der Waals surface area contributed by atoms with E-state index < -0.39 is 6.10 Å². The summed E-state index contributed by atoms with van der Waals surface area (Å²) in [6.45, 7) is 0.832. The summed E-state index contributed by atoms with van der Waals surface area (Å²) < 4.78 is 18.6. The Balaban J connectivity index is 1.63. The minimum atomic E-state index is -0.434. The summed E-state index contributed by atoms with van der Waals surface area (Å²) in [4.78, 5) is 23.2. The molecule has 1 heterocycles. The monoisotopic (exact) mass is 294 g/mol. The van der Waals surface area contributed by atoms with E-state index >= 15 is 0 Å². The molecule has 0 aliphatic carbocycles. The first-order valence-corrected chi connectivity index (χ1v) is 7.06. The summed E-state index contributed by atoms with van der Waals surface area (Å²) in [5.74, 6) is -0.826. The van der Waals surface area contributed by atoms with Gasteiger partial charge in [-0.05, 0) is 30.9 Å². The highest BCUT2D eigenvalue weighted by Gasteiger charge is 2.23. The number of hydrogen-bond acceptors (Lipinski definition) is 3. The van der Waals surface area contributed by atoms with Gasteiger partial charge in [-0.2, -0.15) is 0 Å². The molecule has 0 radical (unpaired) electrons. The molecule has 114 valence electrons. The van der Waals surface area contributed by atoms with Crippen molar-refractivity contribution < 1.29 is 18.7 Å². The Hall–Kier alpha value is -1.95. The highest BCUT2D eigenvalue weighted by Crippen LogP contribution is 2.11. The molecule has 21 heavy (non-hydrogen) atoms. The second-order valence-corrected chi connectivity index (χ2v) is 4.91. The molecule has 1 saturated heterocycles. The van der Waals surface area contributed by atoms with E-state index in [9.17, 15) is 14.0 Å². The van der Waals surface area contributed by atoms with E-state index in [-0.39, 0.29) is 24.2 Å². The quantitative estimate of drug-likeness (QED) is 0.815. The number of carbonyl (C=O) groups is 2. The highest BCUT2D eigenvalue weighted by molar-refractivity contribution is 5.86. The molecule has 2 amide bonds. The van der Waals surface area contributed by atoms with Gasteiger partial charge in [0, 0.05) is 13.2 Å². The van der Waals surface area contributed by atoms with Crippen LogP contribution in [0.2, 0.25) is 0 Å². The van der Waals surface area contributed by atoms with Gasteiger partial charge in [-0.25, -0.2) is 4.39 Å². The van der Waals surface area contributed by atoms with Crippen LogP contribution in [0.5, 0.6) is 0 Å². The summed E-state index contributed by atoms with van der Waals surface area (Å²) >= 11 is 0. The lowest BCUT2D eigenvalue weighted by atomic mass is 10.1. The van der Waals surface area contributed by atoms with Crippen LogP contribution in [-0.4, -0.2) is 37.6 Å². The number of hydrogen-bond donors (Lipinski definition) is 2. The molecular formula is C15H19FN2O3. The Bertz CT molecular complexity index is 501. The maximum absolute atomic E-state index is 13.4. The smallest absolute Gasteiger partial charge is 0.249 e. The maximum Gasteiger partial charge on any atom is 0.249 e. The molecule has 0 aromatic heterocycles. The Morgan fingerprint density at radius 3 is 2.81 bits per heavy atom. The SMILES string of the molecule is O=C(CNC(=O)C1CCCO1)NCCc1ccccc1F. The second-order valence-electron chi connectivity index (χ2n) is 4.91. The van der Waals surface area contributed by atoms with Crippen LogP contribution < -0.4 is 10.6 Å². The summed E-state index contributed by atoms with van der Waals surface area (Å²) in [7, 11) is 0. The van der Waals surface area contributed by atoms with Gasteiger partial charge in [0.15, 0.2) is 0 Å². The fourth-order valence-electron chi connectivity index (χ4n) is 2.17. The maximum atomic E-state index is 13.4. The molecular weight excluding hydrogens is 275 g/mol. The zero-order chi connectivity index (χ0) is 15.1. The number of amides is 2.